The molecule has 6 nitrogen and oxygen atoms in total. The molecule has 0 unspecified atom stereocenters. The lowest BCUT2D eigenvalue weighted by molar-refractivity contribution is 0.492. The van der Waals surface area contributed by atoms with Gasteiger partial charge in [-0.3, -0.25) is 0 Å². The van der Waals surface area contributed by atoms with E-state index in [-0.39, 0.29) is 5.41 Å². The molecule has 0 aromatic carbocycles. The molecule has 1 aliphatic rings. The number of nitrogens with two attached hydrogens (primary N) is 1. The molecule has 0 saturated heterocycles. The summed E-state index contributed by atoms with van der Waals surface area (Å²) in [5.74, 6) is 0.519. The SMILES string of the molecule is CC(C)(C)c1c(N)nnn1Cc1cncn1C1CC1. The van der Waals surface area contributed by atoms with E-state index in [9.17, 15) is 0 Å². The lowest BCUT2D eigenvalue weighted by Gasteiger charge is -2.20. The Hall–Kier alpha value is -1.85. The molecule has 0 atom stereocenters. The van der Waals surface area contributed by atoms with Crippen molar-refractivity contribution >= 4 is 5.82 Å². The zero-order valence-electron chi connectivity index (χ0n) is 11.7. The van der Waals surface area contributed by atoms with Crippen molar-refractivity contribution in [3.63, 3.8) is 0 Å². The van der Waals surface area contributed by atoms with E-state index in [0.717, 1.165) is 11.4 Å². The number of nitrogens with zero attached hydrogens (tertiary/aromatic N) is 5. The van der Waals surface area contributed by atoms with Gasteiger partial charge in [0.05, 0.1) is 30.5 Å². The fourth-order valence-corrected chi connectivity index (χ4v) is 2.50. The van der Waals surface area contributed by atoms with Crippen LogP contribution in [-0.4, -0.2) is 24.5 Å². The Kier molecular flexibility index (Phi) is 2.62. The van der Waals surface area contributed by atoms with E-state index in [2.05, 4.69) is 40.6 Å². The maximum absolute atomic E-state index is 5.95. The zero-order chi connectivity index (χ0) is 13.6. The van der Waals surface area contributed by atoms with Crippen LogP contribution in [0.3, 0.4) is 0 Å². The Morgan fingerprint density at radius 3 is 2.74 bits per heavy atom. The van der Waals surface area contributed by atoms with Crippen LogP contribution in [0.4, 0.5) is 5.82 Å². The van der Waals surface area contributed by atoms with Crippen LogP contribution in [0.25, 0.3) is 0 Å². The maximum Gasteiger partial charge on any atom is 0.169 e. The normalized spacial score (nSPS) is 15.9. The first-order valence-corrected chi connectivity index (χ1v) is 6.67. The van der Waals surface area contributed by atoms with Crippen molar-refractivity contribution < 1.29 is 0 Å². The van der Waals surface area contributed by atoms with E-state index >= 15 is 0 Å². The Bertz CT molecular complexity index is 585. The van der Waals surface area contributed by atoms with Gasteiger partial charge in [-0.25, -0.2) is 9.67 Å². The van der Waals surface area contributed by atoms with Gasteiger partial charge in [0.25, 0.3) is 0 Å². The molecule has 6 heteroatoms. The van der Waals surface area contributed by atoms with E-state index < -0.39 is 0 Å². The average molecular weight is 260 g/mol. The molecule has 2 N–H and O–H groups in total. The summed E-state index contributed by atoms with van der Waals surface area (Å²) in [5.41, 5.74) is 8.03. The molecule has 0 amide bonds. The summed E-state index contributed by atoms with van der Waals surface area (Å²) in [6, 6.07) is 0.622. The molecular formula is C13H20N6. The van der Waals surface area contributed by atoms with Gasteiger partial charge in [0.15, 0.2) is 5.82 Å². The minimum absolute atomic E-state index is 0.0714. The van der Waals surface area contributed by atoms with Crippen LogP contribution >= 0.6 is 0 Å². The van der Waals surface area contributed by atoms with Crippen LogP contribution in [0.5, 0.6) is 0 Å². The third kappa shape index (κ3) is 2.22. The van der Waals surface area contributed by atoms with Gasteiger partial charge in [0, 0.05) is 11.5 Å². The second kappa shape index (κ2) is 4.08. The van der Waals surface area contributed by atoms with Gasteiger partial charge in [0.1, 0.15) is 0 Å². The molecule has 19 heavy (non-hydrogen) atoms. The van der Waals surface area contributed by atoms with Crippen LogP contribution in [0.1, 0.15) is 51.0 Å². The van der Waals surface area contributed by atoms with E-state index in [4.69, 9.17) is 5.73 Å². The standard InChI is InChI=1S/C13H20N6/c1-13(2,3)11-12(14)16-17-19(11)7-10-6-15-8-18(10)9-4-5-9/h6,8-9H,4-5,7,14H2,1-3H3. The Morgan fingerprint density at radius 1 is 1.37 bits per heavy atom. The third-order valence-corrected chi connectivity index (χ3v) is 3.47. The minimum atomic E-state index is -0.0714. The first-order chi connectivity index (χ1) is 8.97. The summed E-state index contributed by atoms with van der Waals surface area (Å²) in [5, 5.41) is 8.19. The maximum atomic E-state index is 5.95. The zero-order valence-corrected chi connectivity index (χ0v) is 11.7. The van der Waals surface area contributed by atoms with Crippen LogP contribution in [0, 0.1) is 0 Å². The van der Waals surface area contributed by atoms with Gasteiger partial charge in [0.2, 0.25) is 0 Å². The molecule has 102 valence electrons. The molecule has 0 radical (unpaired) electrons. The number of imidazole rings is 1. The summed E-state index contributed by atoms with van der Waals surface area (Å²) < 4.78 is 4.13. The van der Waals surface area contributed by atoms with Gasteiger partial charge < -0.3 is 10.3 Å². The average Bonchev–Trinajstić information content (AvgIpc) is 2.94. The van der Waals surface area contributed by atoms with Crippen molar-refractivity contribution in [1.29, 1.82) is 0 Å². The molecule has 1 aliphatic carbocycles. The van der Waals surface area contributed by atoms with Crippen LogP contribution in [-0.2, 0) is 12.0 Å². The van der Waals surface area contributed by atoms with Crippen molar-refractivity contribution in [2.75, 3.05) is 5.73 Å². The molecule has 0 bridgehead atoms. The highest BCUT2D eigenvalue weighted by molar-refractivity contribution is 5.38. The van der Waals surface area contributed by atoms with Gasteiger partial charge in [-0.1, -0.05) is 26.0 Å². The lowest BCUT2D eigenvalue weighted by Crippen LogP contribution is -2.21. The predicted molar refractivity (Wildman–Crippen MR) is 72.7 cm³/mol. The molecule has 1 saturated carbocycles. The number of hydrogen-bond donors (Lipinski definition) is 1. The highest BCUT2D eigenvalue weighted by atomic mass is 15.4. The van der Waals surface area contributed by atoms with Crippen molar-refractivity contribution in [3.8, 4) is 0 Å². The Labute approximate surface area is 112 Å². The third-order valence-electron chi connectivity index (χ3n) is 3.47. The lowest BCUT2D eigenvalue weighted by atomic mass is 9.92. The van der Waals surface area contributed by atoms with Crippen molar-refractivity contribution in [2.24, 2.45) is 0 Å². The van der Waals surface area contributed by atoms with Crippen LogP contribution < -0.4 is 5.73 Å². The Morgan fingerprint density at radius 2 is 2.11 bits per heavy atom. The van der Waals surface area contributed by atoms with Gasteiger partial charge in [-0.2, -0.15) is 0 Å². The number of rotatable bonds is 3. The summed E-state index contributed by atoms with van der Waals surface area (Å²) in [7, 11) is 0. The van der Waals surface area contributed by atoms with Gasteiger partial charge >= 0.3 is 0 Å². The number of anilines is 1. The second-order valence-corrected chi connectivity index (χ2v) is 6.25. The minimum Gasteiger partial charge on any atom is -0.381 e. The molecule has 1 fully saturated rings. The van der Waals surface area contributed by atoms with Crippen molar-refractivity contribution in [1.82, 2.24) is 24.5 Å². The number of aromatic nitrogens is 5. The quantitative estimate of drug-likeness (QED) is 0.912. The Balaban J connectivity index is 1.93. The number of hydrogen-bond acceptors (Lipinski definition) is 4. The second-order valence-electron chi connectivity index (χ2n) is 6.25. The molecule has 2 aromatic heterocycles. The van der Waals surface area contributed by atoms with Gasteiger partial charge in [-0.05, 0) is 12.8 Å². The first kappa shape index (κ1) is 12.2. The van der Waals surface area contributed by atoms with Crippen molar-refractivity contribution in [3.05, 3.63) is 23.9 Å². The largest absolute Gasteiger partial charge is 0.381 e. The van der Waals surface area contributed by atoms with Crippen LogP contribution in [0.15, 0.2) is 12.5 Å². The smallest absolute Gasteiger partial charge is 0.169 e. The first-order valence-electron chi connectivity index (χ1n) is 6.67. The fourth-order valence-electron chi connectivity index (χ4n) is 2.50. The molecular weight excluding hydrogens is 240 g/mol. The summed E-state index contributed by atoms with van der Waals surface area (Å²) in [6.45, 7) is 7.04. The van der Waals surface area contributed by atoms with E-state index in [1.54, 1.807) is 0 Å². The summed E-state index contributed by atoms with van der Waals surface area (Å²) in [4.78, 5) is 4.25. The molecule has 2 heterocycles. The van der Waals surface area contributed by atoms with E-state index in [1.165, 1.54) is 12.8 Å². The molecule has 3 rings (SSSR count). The summed E-state index contributed by atoms with van der Waals surface area (Å²) >= 11 is 0. The summed E-state index contributed by atoms with van der Waals surface area (Å²) in [6.07, 6.45) is 6.30. The van der Waals surface area contributed by atoms with E-state index in [0.29, 0.717) is 18.4 Å². The van der Waals surface area contributed by atoms with Crippen molar-refractivity contribution in [2.45, 2.75) is 51.6 Å². The molecule has 0 spiro atoms. The molecule has 2 aromatic rings. The number of nitrogen functional groups attached to an aromatic ring is 1. The van der Waals surface area contributed by atoms with E-state index in [1.807, 2.05) is 17.2 Å². The fraction of sp³-hybridized carbons (Fsp3) is 0.615. The molecule has 0 aliphatic heterocycles. The highest BCUT2D eigenvalue weighted by Gasteiger charge is 2.27. The topological polar surface area (TPSA) is 74.6 Å². The highest BCUT2D eigenvalue weighted by Crippen LogP contribution is 2.36. The predicted octanol–water partition coefficient (Wildman–Crippen LogP) is 1.74. The monoisotopic (exact) mass is 260 g/mol. The van der Waals surface area contributed by atoms with Crippen LogP contribution in [0.2, 0.25) is 0 Å². The van der Waals surface area contributed by atoms with Gasteiger partial charge in [-0.15, -0.1) is 5.10 Å².